The number of fused-ring (bicyclic) bond motifs is 1. The Hall–Kier alpha value is -2.82. The van der Waals surface area contributed by atoms with Crippen molar-refractivity contribution < 1.29 is 4.79 Å². The van der Waals surface area contributed by atoms with E-state index in [1.165, 1.54) is 23.8 Å². The van der Waals surface area contributed by atoms with Crippen molar-refractivity contribution in [3.8, 4) is 0 Å². The van der Waals surface area contributed by atoms with E-state index in [2.05, 4.69) is 32.7 Å². The minimum absolute atomic E-state index is 0.130. The van der Waals surface area contributed by atoms with E-state index in [-0.39, 0.29) is 5.91 Å². The van der Waals surface area contributed by atoms with Gasteiger partial charge >= 0.3 is 0 Å². The highest BCUT2D eigenvalue weighted by molar-refractivity contribution is 5.93. The van der Waals surface area contributed by atoms with Crippen LogP contribution >= 0.6 is 0 Å². The number of para-hydroxylation sites is 1. The third-order valence-corrected chi connectivity index (χ3v) is 4.30. The van der Waals surface area contributed by atoms with E-state index in [4.69, 9.17) is 0 Å². The number of anilines is 1. The van der Waals surface area contributed by atoms with E-state index >= 15 is 0 Å². The Morgan fingerprint density at radius 3 is 3.00 bits per heavy atom. The van der Waals surface area contributed by atoms with Gasteiger partial charge in [-0.05, 0) is 43.0 Å². The Morgan fingerprint density at radius 1 is 1.25 bits per heavy atom. The summed E-state index contributed by atoms with van der Waals surface area (Å²) < 4.78 is 0. The lowest BCUT2D eigenvalue weighted by Crippen LogP contribution is -2.26. The van der Waals surface area contributed by atoms with Crippen LogP contribution in [0.2, 0.25) is 0 Å². The van der Waals surface area contributed by atoms with Gasteiger partial charge in [0.05, 0.1) is 0 Å². The van der Waals surface area contributed by atoms with Crippen molar-refractivity contribution in [3.05, 3.63) is 60.0 Å². The van der Waals surface area contributed by atoms with Crippen molar-refractivity contribution in [2.24, 2.45) is 0 Å². The second kappa shape index (κ2) is 6.35. The smallest absolute Gasteiger partial charge is 0.269 e. The highest BCUT2D eigenvalue weighted by Gasteiger charge is 2.21. The van der Waals surface area contributed by atoms with Gasteiger partial charge < -0.3 is 15.6 Å². The number of H-pyrrole nitrogens is 1. The van der Waals surface area contributed by atoms with Gasteiger partial charge in [-0.2, -0.15) is 0 Å². The molecule has 0 atom stereocenters. The third-order valence-electron chi connectivity index (χ3n) is 4.30. The molecule has 1 amide bonds. The molecule has 1 aromatic carbocycles. The molecule has 0 saturated heterocycles. The van der Waals surface area contributed by atoms with Gasteiger partial charge in [0.15, 0.2) is 0 Å². The number of nitrogens with zero attached hydrogens (tertiary/aromatic N) is 1. The summed E-state index contributed by atoms with van der Waals surface area (Å²) in [6.07, 6.45) is 6.88. The molecule has 2 aromatic heterocycles. The zero-order valence-corrected chi connectivity index (χ0v) is 13.4. The van der Waals surface area contributed by atoms with Crippen LogP contribution in [0, 0.1) is 0 Å². The van der Waals surface area contributed by atoms with Crippen LogP contribution in [0.15, 0.2) is 48.8 Å². The minimum atomic E-state index is -0.130. The topological polar surface area (TPSA) is 69.8 Å². The molecule has 0 spiro atoms. The van der Waals surface area contributed by atoms with Gasteiger partial charge in [-0.25, -0.2) is 0 Å². The quantitative estimate of drug-likeness (QED) is 0.653. The summed E-state index contributed by atoms with van der Waals surface area (Å²) >= 11 is 0. The highest BCUT2D eigenvalue weighted by Crippen LogP contribution is 2.24. The second-order valence-electron chi connectivity index (χ2n) is 6.21. The first-order valence-electron chi connectivity index (χ1n) is 8.35. The monoisotopic (exact) mass is 320 g/mol. The molecule has 1 fully saturated rings. The van der Waals surface area contributed by atoms with Crippen LogP contribution in [-0.2, 0) is 6.42 Å². The minimum Gasteiger partial charge on any atom is -0.382 e. The van der Waals surface area contributed by atoms with E-state index in [0.29, 0.717) is 18.3 Å². The first kappa shape index (κ1) is 14.8. The van der Waals surface area contributed by atoms with Gasteiger partial charge in [-0.1, -0.05) is 18.2 Å². The maximum absolute atomic E-state index is 12.3. The first-order valence-corrected chi connectivity index (χ1v) is 8.35. The van der Waals surface area contributed by atoms with Crippen molar-refractivity contribution in [2.45, 2.75) is 25.3 Å². The number of pyridine rings is 1. The van der Waals surface area contributed by atoms with Gasteiger partial charge in [-0.15, -0.1) is 0 Å². The van der Waals surface area contributed by atoms with E-state index in [1.54, 1.807) is 6.20 Å². The number of nitrogens with one attached hydrogen (secondary N) is 3. The Bertz CT molecular complexity index is 866. The number of amides is 1. The summed E-state index contributed by atoms with van der Waals surface area (Å²) in [4.78, 5) is 19.7. The predicted octanol–water partition coefficient (Wildman–Crippen LogP) is 3.11. The molecule has 0 bridgehead atoms. The van der Waals surface area contributed by atoms with Gasteiger partial charge in [0, 0.05) is 41.6 Å². The summed E-state index contributed by atoms with van der Waals surface area (Å²) in [6, 6.07) is 12.5. The number of rotatable bonds is 6. The molecule has 2 heterocycles. The fraction of sp³-hybridized carbons (Fsp3) is 0.263. The van der Waals surface area contributed by atoms with Crippen LogP contribution < -0.4 is 10.6 Å². The molecule has 1 aliphatic rings. The Balaban J connectivity index is 1.36. The molecule has 4 rings (SSSR count). The van der Waals surface area contributed by atoms with Gasteiger partial charge in [-0.3, -0.25) is 9.78 Å². The molecular formula is C19H20N4O. The molecule has 5 nitrogen and oxygen atoms in total. The lowest BCUT2D eigenvalue weighted by Gasteiger charge is -2.07. The van der Waals surface area contributed by atoms with Crippen LogP contribution in [0.4, 0.5) is 5.69 Å². The number of hydrogen-bond donors (Lipinski definition) is 3. The normalized spacial score (nSPS) is 13.8. The van der Waals surface area contributed by atoms with Crippen molar-refractivity contribution in [3.63, 3.8) is 0 Å². The van der Waals surface area contributed by atoms with Crippen LogP contribution in [0.25, 0.3) is 10.9 Å². The van der Waals surface area contributed by atoms with Crippen LogP contribution in [0.5, 0.6) is 0 Å². The summed E-state index contributed by atoms with van der Waals surface area (Å²) in [6.45, 7) is 0.586. The molecule has 0 aliphatic heterocycles. The molecule has 1 saturated carbocycles. The fourth-order valence-corrected chi connectivity index (χ4v) is 2.85. The Labute approximate surface area is 140 Å². The molecule has 24 heavy (non-hydrogen) atoms. The number of aromatic nitrogens is 2. The Kier molecular flexibility index (Phi) is 3.91. The van der Waals surface area contributed by atoms with Crippen LogP contribution in [-0.4, -0.2) is 28.5 Å². The number of carbonyl (C=O) groups is 1. The SMILES string of the molecule is O=C(NCCc1c[nH]c2ccccc12)c1cc(NC2CC2)ccn1. The maximum Gasteiger partial charge on any atom is 0.269 e. The number of hydrogen-bond acceptors (Lipinski definition) is 3. The summed E-state index contributed by atoms with van der Waals surface area (Å²) in [5, 5.41) is 7.55. The molecule has 0 radical (unpaired) electrons. The zero-order chi connectivity index (χ0) is 16.4. The van der Waals surface area contributed by atoms with E-state index < -0.39 is 0 Å². The summed E-state index contributed by atoms with van der Waals surface area (Å²) in [7, 11) is 0. The number of aromatic amines is 1. The molecule has 3 N–H and O–H groups in total. The standard InChI is InChI=1S/C19H20N4O/c24-19(18-11-15(8-10-20-18)23-14-5-6-14)21-9-7-13-12-22-17-4-2-1-3-16(13)17/h1-4,8,10-12,14,22H,5-7,9H2,(H,20,23)(H,21,24). The number of carbonyl (C=O) groups excluding carboxylic acids is 1. The average Bonchev–Trinajstić information content (AvgIpc) is 3.33. The molecule has 5 heteroatoms. The van der Waals surface area contributed by atoms with E-state index in [1.807, 2.05) is 30.5 Å². The molecule has 1 aliphatic carbocycles. The van der Waals surface area contributed by atoms with Crippen LogP contribution in [0.1, 0.15) is 28.9 Å². The fourth-order valence-electron chi connectivity index (χ4n) is 2.85. The number of benzene rings is 1. The van der Waals surface area contributed by atoms with Gasteiger partial charge in [0.1, 0.15) is 5.69 Å². The molecule has 122 valence electrons. The lowest BCUT2D eigenvalue weighted by atomic mass is 10.1. The largest absolute Gasteiger partial charge is 0.382 e. The van der Waals surface area contributed by atoms with Crippen LogP contribution in [0.3, 0.4) is 0 Å². The van der Waals surface area contributed by atoms with E-state index in [9.17, 15) is 4.79 Å². The van der Waals surface area contributed by atoms with Crippen molar-refractivity contribution in [1.82, 2.24) is 15.3 Å². The van der Waals surface area contributed by atoms with Crippen molar-refractivity contribution in [1.29, 1.82) is 0 Å². The maximum atomic E-state index is 12.3. The molecule has 0 unspecified atom stereocenters. The molecular weight excluding hydrogens is 300 g/mol. The highest BCUT2D eigenvalue weighted by atomic mass is 16.1. The predicted molar refractivity (Wildman–Crippen MR) is 95.2 cm³/mol. The van der Waals surface area contributed by atoms with Crippen molar-refractivity contribution in [2.75, 3.05) is 11.9 Å². The summed E-state index contributed by atoms with van der Waals surface area (Å²) in [5.41, 5.74) is 3.76. The second-order valence-corrected chi connectivity index (χ2v) is 6.21. The van der Waals surface area contributed by atoms with Gasteiger partial charge in [0.25, 0.3) is 5.91 Å². The molecule has 3 aromatic rings. The Morgan fingerprint density at radius 2 is 2.12 bits per heavy atom. The average molecular weight is 320 g/mol. The van der Waals surface area contributed by atoms with Crippen molar-refractivity contribution >= 4 is 22.5 Å². The van der Waals surface area contributed by atoms with E-state index in [0.717, 1.165) is 17.6 Å². The zero-order valence-electron chi connectivity index (χ0n) is 13.4. The first-order chi connectivity index (χ1) is 11.8. The lowest BCUT2D eigenvalue weighted by molar-refractivity contribution is 0.0949. The summed E-state index contributed by atoms with van der Waals surface area (Å²) in [5.74, 6) is -0.130. The van der Waals surface area contributed by atoms with Gasteiger partial charge in [0.2, 0.25) is 0 Å². The third kappa shape index (κ3) is 3.25.